The highest BCUT2D eigenvalue weighted by atomic mass is 19.4. The molecule has 26 heavy (non-hydrogen) atoms. The van der Waals surface area contributed by atoms with Crippen LogP contribution in [0.3, 0.4) is 0 Å². The molecule has 4 nitrogen and oxygen atoms in total. The zero-order valence-corrected chi connectivity index (χ0v) is 14.5. The summed E-state index contributed by atoms with van der Waals surface area (Å²) in [4.78, 5) is 14.5. The number of hydrogen-bond acceptors (Lipinski definition) is 3. The number of benzene rings is 1. The van der Waals surface area contributed by atoms with Crippen LogP contribution in [0.1, 0.15) is 49.1 Å². The number of hydrogen-bond donors (Lipinski definition) is 1. The molecule has 3 aliphatic rings. The molecule has 2 saturated heterocycles. The van der Waals surface area contributed by atoms with Crippen LogP contribution in [0.4, 0.5) is 13.2 Å². The van der Waals surface area contributed by atoms with E-state index in [0.29, 0.717) is 26.1 Å². The van der Waals surface area contributed by atoms with Crippen molar-refractivity contribution in [3.63, 3.8) is 0 Å². The van der Waals surface area contributed by atoms with Gasteiger partial charge in [-0.25, -0.2) is 0 Å². The smallest absolute Gasteiger partial charge is 0.341 e. The lowest BCUT2D eigenvalue weighted by atomic mass is 9.91. The Hall–Kier alpha value is -1.60. The molecule has 1 spiro atoms. The van der Waals surface area contributed by atoms with Crippen molar-refractivity contribution in [2.24, 2.45) is 5.41 Å². The summed E-state index contributed by atoms with van der Waals surface area (Å²) in [5.41, 5.74) is 0.410. The van der Waals surface area contributed by atoms with Gasteiger partial charge >= 0.3 is 6.18 Å². The van der Waals surface area contributed by atoms with E-state index in [1.165, 1.54) is 17.2 Å². The minimum atomic E-state index is -4.33. The monoisotopic (exact) mass is 368 g/mol. The summed E-state index contributed by atoms with van der Waals surface area (Å²) in [6.45, 7) is 1.65. The molecular weight excluding hydrogens is 345 g/mol. The summed E-state index contributed by atoms with van der Waals surface area (Å²) in [5.74, 6) is -0.0100. The first-order chi connectivity index (χ1) is 12.3. The van der Waals surface area contributed by atoms with Gasteiger partial charge < -0.3 is 10.1 Å². The Kier molecular flexibility index (Phi) is 4.27. The average molecular weight is 368 g/mol. The molecule has 2 atom stereocenters. The van der Waals surface area contributed by atoms with E-state index in [1.807, 2.05) is 0 Å². The fraction of sp³-hybridized carbons (Fsp3) is 0.632. The number of likely N-dealkylation sites (tertiary alicyclic amines) is 1. The maximum absolute atomic E-state index is 12.8. The Balaban J connectivity index is 1.38. The first kappa shape index (κ1) is 17.8. The number of nitrogens with zero attached hydrogens (tertiary/aromatic N) is 2. The van der Waals surface area contributed by atoms with Crippen LogP contribution < -0.4 is 0 Å². The molecule has 0 radical (unpaired) electrons. The van der Waals surface area contributed by atoms with Gasteiger partial charge in [-0.05, 0) is 55.2 Å². The van der Waals surface area contributed by atoms with Crippen LogP contribution in [0.25, 0.3) is 0 Å². The minimum absolute atomic E-state index is 0.0479. The van der Waals surface area contributed by atoms with Gasteiger partial charge in [-0.3, -0.25) is 4.79 Å². The summed E-state index contributed by atoms with van der Waals surface area (Å²) < 4.78 is 38.1. The van der Waals surface area contributed by atoms with Crippen LogP contribution >= 0.6 is 0 Å². The molecule has 0 aromatic heterocycles. The molecular formula is C19H23F3N2O2. The van der Waals surface area contributed by atoms with Gasteiger partial charge in [-0.1, -0.05) is 12.1 Å². The molecule has 1 N–H and O–H groups in total. The molecule has 2 aliphatic heterocycles. The maximum Gasteiger partial charge on any atom is 0.416 e. The van der Waals surface area contributed by atoms with Gasteiger partial charge in [0.15, 0.2) is 0 Å². The normalized spacial score (nSPS) is 28.5. The average Bonchev–Trinajstić information content (AvgIpc) is 3.16. The Morgan fingerprint density at radius 2 is 1.81 bits per heavy atom. The van der Waals surface area contributed by atoms with E-state index in [9.17, 15) is 23.2 Å². The first-order valence-electron chi connectivity index (χ1n) is 9.19. The molecule has 1 saturated carbocycles. The van der Waals surface area contributed by atoms with Crippen molar-refractivity contribution in [1.29, 1.82) is 0 Å². The summed E-state index contributed by atoms with van der Waals surface area (Å²) in [6.07, 6.45) is 0.322. The first-order valence-corrected chi connectivity index (χ1v) is 9.19. The zero-order valence-electron chi connectivity index (χ0n) is 14.5. The van der Waals surface area contributed by atoms with Gasteiger partial charge in [0.1, 0.15) is 6.04 Å². The largest absolute Gasteiger partial charge is 0.416 e. The van der Waals surface area contributed by atoms with E-state index in [2.05, 4.69) is 0 Å². The number of amides is 1. The predicted octanol–water partition coefficient (Wildman–Crippen LogP) is 3.66. The van der Waals surface area contributed by atoms with Gasteiger partial charge in [-0.2, -0.15) is 18.2 Å². The third kappa shape index (κ3) is 3.34. The lowest BCUT2D eigenvalue weighted by molar-refractivity contribution is -0.179. The van der Waals surface area contributed by atoms with Gasteiger partial charge in [0, 0.05) is 25.6 Å². The van der Waals surface area contributed by atoms with Gasteiger partial charge in [0.2, 0.25) is 5.91 Å². The number of carbonyl (C=O) groups is 1. The highest BCUT2D eigenvalue weighted by Gasteiger charge is 2.50. The molecule has 2 unspecified atom stereocenters. The number of carbonyl (C=O) groups excluding carboxylic acids is 1. The van der Waals surface area contributed by atoms with E-state index in [-0.39, 0.29) is 17.2 Å². The molecule has 3 fully saturated rings. The number of piperidine rings is 1. The number of hydroxylamine groups is 2. The molecule has 1 aliphatic carbocycles. The molecule has 1 aromatic carbocycles. The highest BCUT2D eigenvalue weighted by molar-refractivity contribution is 5.82. The topological polar surface area (TPSA) is 43.8 Å². The van der Waals surface area contributed by atoms with Gasteiger partial charge in [0.25, 0.3) is 0 Å². The summed E-state index contributed by atoms with van der Waals surface area (Å²) in [7, 11) is 0. The van der Waals surface area contributed by atoms with Crippen molar-refractivity contribution < 1.29 is 23.2 Å². The number of rotatable bonds is 2. The van der Waals surface area contributed by atoms with Crippen LogP contribution in [0.2, 0.25) is 0 Å². The van der Waals surface area contributed by atoms with Crippen molar-refractivity contribution in [2.45, 2.75) is 50.2 Å². The van der Waals surface area contributed by atoms with E-state index in [0.717, 1.165) is 43.4 Å². The standard InChI is InChI=1S/C19H23F3N2O2/c20-19(21,22)15-3-1-13(2-4-15)14-6-10-23(11-14)17(25)16-5-7-18(8-9-18)12-24(16)26/h1-4,14,16,26H,5-12H2. The third-order valence-corrected chi connectivity index (χ3v) is 6.26. The van der Waals surface area contributed by atoms with Crippen LogP contribution in [0.5, 0.6) is 0 Å². The Bertz CT molecular complexity index is 685. The Morgan fingerprint density at radius 3 is 2.38 bits per heavy atom. The summed E-state index contributed by atoms with van der Waals surface area (Å²) >= 11 is 0. The van der Waals surface area contributed by atoms with E-state index >= 15 is 0 Å². The molecule has 142 valence electrons. The van der Waals surface area contributed by atoms with E-state index < -0.39 is 17.8 Å². The fourth-order valence-electron chi connectivity index (χ4n) is 4.35. The van der Waals surface area contributed by atoms with Crippen molar-refractivity contribution in [3.05, 3.63) is 35.4 Å². The van der Waals surface area contributed by atoms with Gasteiger partial charge in [0.05, 0.1) is 5.56 Å². The molecule has 4 rings (SSSR count). The van der Waals surface area contributed by atoms with E-state index in [1.54, 1.807) is 4.90 Å². The molecule has 7 heteroatoms. The Morgan fingerprint density at radius 1 is 1.12 bits per heavy atom. The van der Waals surface area contributed by atoms with Crippen molar-refractivity contribution in [3.8, 4) is 0 Å². The summed E-state index contributed by atoms with van der Waals surface area (Å²) in [5, 5.41) is 11.5. The van der Waals surface area contributed by atoms with Crippen LogP contribution in [0.15, 0.2) is 24.3 Å². The number of alkyl halides is 3. The van der Waals surface area contributed by atoms with Crippen molar-refractivity contribution >= 4 is 5.91 Å². The second-order valence-electron chi connectivity index (χ2n) is 8.04. The Labute approximate surface area is 150 Å². The second-order valence-corrected chi connectivity index (χ2v) is 8.04. The molecule has 0 bridgehead atoms. The van der Waals surface area contributed by atoms with E-state index in [4.69, 9.17) is 0 Å². The van der Waals surface area contributed by atoms with Crippen LogP contribution in [0, 0.1) is 5.41 Å². The SMILES string of the molecule is O=C(C1CCC2(CC2)CN1O)N1CCC(c2ccc(C(F)(F)F)cc2)C1. The maximum atomic E-state index is 12.8. The summed E-state index contributed by atoms with van der Waals surface area (Å²) in [6, 6.07) is 4.75. The van der Waals surface area contributed by atoms with Crippen molar-refractivity contribution in [1.82, 2.24) is 9.96 Å². The third-order valence-electron chi connectivity index (χ3n) is 6.26. The van der Waals surface area contributed by atoms with Crippen LogP contribution in [-0.4, -0.2) is 46.8 Å². The zero-order chi connectivity index (χ0) is 18.5. The molecule has 2 heterocycles. The molecule has 1 aromatic rings. The predicted molar refractivity (Wildman–Crippen MR) is 88.6 cm³/mol. The highest BCUT2D eigenvalue weighted by Crippen LogP contribution is 2.53. The quantitative estimate of drug-likeness (QED) is 0.867. The molecule has 1 amide bonds. The van der Waals surface area contributed by atoms with Gasteiger partial charge in [-0.15, -0.1) is 0 Å². The number of halogens is 3. The fourth-order valence-corrected chi connectivity index (χ4v) is 4.35. The lowest BCUT2D eigenvalue weighted by Crippen LogP contribution is -2.51. The lowest BCUT2D eigenvalue weighted by Gasteiger charge is -2.36. The van der Waals surface area contributed by atoms with Crippen molar-refractivity contribution in [2.75, 3.05) is 19.6 Å². The van der Waals surface area contributed by atoms with Crippen LogP contribution in [-0.2, 0) is 11.0 Å². The second kappa shape index (κ2) is 6.23. The minimum Gasteiger partial charge on any atom is -0.341 e.